The van der Waals surface area contributed by atoms with Crippen LogP contribution in [0.5, 0.6) is 5.75 Å². The zero-order valence-corrected chi connectivity index (χ0v) is 17.3. The van der Waals surface area contributed by atoms with Crippen molar-refractivity contribution in [3.8, 4) is 17.1 Å². The second-order valence-electron chi connectivity index (χ2n) is 6.99. The highest BCUT2D eigenvalue weighted by Crippen LogP contribution is 2.30. The van der Waals surface area contributed by atoms with Crippen LogP contribution in [0.1, 0.15) is 18.4 Å². The maximum Gasteiger partial charge on any atom is 0.233 e. The minimum Gasteiger partial charge on any atom is -0.497 e. The fourth-order valence-electron chi connectivity index (χ4n) is 3.14. The van der Waals surface area contributed by atoms with Gasteiger partial charge in [-0.3, -0.25) is 9.78 Å². The van der Waals surface area contributed by atoms with Crippen molar-refractivity contribution in [3.63, 3.8) is 0 Å². The molecule has 1 aliphatic carbocycles. The summed E-state index contributed by atoms with van der Waals surface area (Å²) in [5, 5.41) is 9.25. The molecule has 0 atom stereocenters. The normalized spacial score (nSPS) is 13.3. The van der Waals surface area contributed by atoms with Gasteiger partial charge in [-0.15, -0.1) is 10.2 Å². The highest BCUT2D eigenvalue weighted by molar-refractivity contribution is 7.99. The Labute approximate surface area is 174 Å². The summed E-state index contributed by atoms with van der Waals surface area (Å²) in [4.78, 5) is 18.9. The van der Waals surface area contributed by atoms with Crippen LogP contribution in [0.2, 0.25) is 0 Å². The largest absolute Gasteiger partial charge is 0.497 e. The molecule has 8 heteroatoms. The summed E-state index contributed by atoms with van der Waals surface area (Å²) >= 11 is 1.42. The first-order chi connectivity index (χ1) is 14.2. The van der Waals surface area contributed by atoms with Crippen molar-refractivity contribution < 1.29 is 9.53 Å². The molecule has 1 amide bonds. The minimum atomic E-state index is 0.127. The molecule has 7 nitrogen and oxygen atoms in total. The second-order valence-corrected chi connectivity index (χ2v) is 7.93. The predicted molar refractivity (Wildman–Crippen MR) is 112 cm³/mol. The van der Waals surface area contributed by atoms with E-state index in [4.69, 9.17) is 4.74 Å². The maximum absolute atomic E-state index is 12.9. The summed E-state index contributed by atoms with van der Waals surface area (Å²) in [6.45, 7) is 0.620. The Morgan fingerprint density at radius 2 is 1.90 bits per heavy atom. The molecule has 1 fully saturated rings. The summed E-state index contributed by atoms with van der Waals surface area (Å²) in [6.07, 6.45) is 5.60. The van der Waals surface area contributed by atoms with Gasteiger partial charge in [0.15, 0.2) is 11.0 Å². The first-order valence-corrected chi connectivity index (χ1v) is 10.5. The number of methoxy groups -OCH3 is 1. The zero-order chi connectivity index (χ0) is 20.2. The quantitative estimate of drug-likeness (QED) is 0.532. The van der Waals surface area contributed by atoms with E-state index in [1.54, 1.807) is 19.5 Å². The molecule has 1 aromatic carbocycles. The topological polar surface area (TPSA) is 73.1 Å². The number of carbonyl (C=O) groups excluding carboxylic acids is 1. The number of rotatable bonds is 8. The molecule has 4 rings (SSSR count). The van der Waals surface area contributed by atoms with E-state index in [0.717, 1.165) is 40.7 Å². The molecule has 0 radical (unpaired) electrons. The van der Waals surface area contributed by atoms with Gasteiger partial charge < -0.3 is 14.2 Å². The van der Waals surface area contributed by atoms with E-state index in [1.165, 1.54) is 11.8 Å². The van der Waals surface area contributed by atoms with Gasteiger partial charge in [0.1, 0.15) is 5.75 Å². The number of aromatic nitrogens is 4. The number of nitrogens with zero attached hydrogens (tertiary/aromatic N) is 5. The van der Waals surface area contributed by atoms with Crippen molar-refractivity contribution in [1.29, 1.82) is 0 Å². The maximum atomic E-state index is 12.9. The van der Waals surface area contributed by atoms with Gasteiger partial charge >= 0.3 is 0 Å². The van der Waals surface area contributed by atoms with Crippen LogP contribution in [0, 0.1) is 0 Å². The number of hydrogen-bond acceptors (Lipinski definition) is 6. The molecule has 0 bridgehead atoms. The highest BCUT2D eigenvalue weighted by Gasteiger charge is 2.32. The van der Waals surface area contributed by atoms with E-state index in [0.29, 0.717) is 18.3 Å². The van der Waals surface area contributed by atoms with Crippen molar-refractivity contribution in [1.82, 2.24) is 24.6 Å². The third-order valence-corrected chi connectivity index (χ3v) is 5.92. The van der Waals surface area contributed by atoms with Crippen LogP contribution in [0.4, 0.5) is 0 Å². The molecule has 0 aliphatic heterocycles. The van der Waals surface area contributed by atoms with Crippen LogP contribution in [0.3, 0.4) is 0 Å². The molecule has 0 saturated heterocycles. The number of carbonyl (C=O) groups is 1. The molecule has 0 unspecified atom stereocenters. The van der Waals surface area contributed by atoms with Crippen molar-refractivity contribution in [2.24, 2.45) is 7.05 Å². The number of pyridine rings is 1. The first-order valence-electron chi connectivity index (χ1n) is 9.50. The van der Waals surface area contributed by atoms with Crippen LogP contribution in [-0.2, 0) is 18.4 Å². The molecule has 0 N–H and O–H groups in total. The molecular weight excluding hydrogens is 386 g/mol. The molecule has 2 aromatic heterocycles. The third-order valence-electron chi connectivity index (χ3n) is 4.92. The van der Waals surface area contributed by atoms with E-state index >= 15 is 0 Å². The molecule has 0 spiro atoms. The van der Waals surface area contributed by atoms with Crippen LogP contribution in [-0.4, -0.2) is 49.5 Å². The van der Waals surface area contributed by atoms with Crippen LogP contribution < -0.4 is 4.74 Å². The summed E-state index contributed by atoms with van der Waals surface area (Å²) < 4.78 is 7.13. The van der Waals surface area contributed by atoms with E-state index < -0.39 is 0 Å². The van der Waals surface area contributed by atoms with Crippen LogP contribution >= 0.6 is 11.8 Å². The van der Waals surface area contributed by atoms with Gasteiger partial charge in [0.05, 0.1) is 12.9 Å². The Hall–Kier alpha value is -2.87. The number of benzene rings is 1. The zero-order valence-electron chi connectivity index (χ0n) is 16.5. The van der Waals surface area contributed by atoms with Gasteiger partial charge in [0.25, 0.3) is 0 Å². The summed E-state index contributed by atoms with van der Waals surface area (Å²) in [5.74, 6) is 2.05. The average Bonchev–Trinajstić information content (AvgIpc) is 3.54. The fourth-order valence-corrected chi connectivity index (χ4v) is 3.93. The molecule has 2 heterocycles. The lowest BCUT2D eigenvalue weighted by Crippen LogP contribution is -2.34. The summed E-state index contributed by atoms with van der Waals surface area (Å²) in [6, 6.07) is 12.0. The van der Waals surface area contributed by atoms with Gasteiger partial charge in [0.2, 0.25) is 5.91 Å². The first kappa shape index (κ1) is 19.4. The standard InChI is InChI=1S/C21H23N5O2S/c1-25-20(16-9-11-22-12-10-16)23-24-21(25)29-14-19(27)26(17-5-6-17)13-15-3-7-18(28-2)8-4-15/h3-4,7-12,17H,5-6,13-14H2,1-2H3. The van der Waals surface area contributed by atoms with Gasteiger partial charge in [-0.2, -0.15) is 0 Å². The molecular formula is C21H23N5O2S. The molecule has 3 aromatic rings. The number of ether oxygens (including phenoxy) is 1. The number of hydrogen-bond donors (Lipinski definition) is 0. The molecule has 1 saturated carbocycles. The Bertz CT molecular complexity index is 970. The van der Waals surface area contributed by atoms with Crippen molar-refractivity contribution in [2.75, 3.05) is 12.9 Å². The van der Waals surface area contributed by atoms with Gasteiger partial charge in [0, 0.05) is 37.6 Å². The Morgan fingerprint density at radius 1 is 1.17 bits per heavy atom. The van der Waals surface area contributed by atoms with Crippen LogP contribution in [0.15, 0.2) is 53.9 Å². The van der Waals surface area contributed by atoms with E-state index in [2.05, 4.69) is 15.2 Å². The van der Waals surface area contributed by atoms with E-state index in [9.17, 15) is 4.79 Å². The SMILES string of the molecule is COc1ccc(CN(C(=O)CSc2nnc(-c3ccncc3)n2C)C2CC2)cc1. The van der Waals surface area contributed by atoms with Gasteiger partial charge in [-0.05, 0) is 42.7 Å². The van der Waals surface area contributed by atoms with Gasteiger partial charge in [-0.1, -0.05) is 23.9 Å². The van der Waals surface area contributed by atoms with Crippen LogP contribution in [0.25, 0.3) is 11.4 Å². The Morgan fingerprint density at radius 3 is 2.55 bits per heavy atom. The predicted octanol–water partition coefficient (Wildman–Crippen LogP) is 3.17. The van der Waals surface area contributed by atoms with Gasteiger partial charge in [-0.25, -0.2) is 0 Å². The second kappa shape index (κ2) is 8.65. The minimum absolute atomic E-state index is 0.127. The molecule has 150 valence electrons. The van der Waals surface area contributed by atoms with E-state index in [1.807, 2.05) is 52.9 Å². The lowest BCUT2D eigenvalue weighted by atomic mass is 10.2. The van der Waals surface area contributed by atoms with Crippen molar-refractivity contribution in [3.05, 3.63) is 54.4 Å². The number of thioether (sulfide) groups is 1. The Balaban J connectivity index is 1.40. The van der Waals surface area contributed by atoms with Crippen molar-refractivity contribution >= 4 is 17.7 Å². The summed E-state index contributed by atoms with van der Waals surface area (Å²) in [5.41, 5.74) is 2.06. The Kier molecular flexibility index (Phi) is 5.80. The monoisotopic (exact) mass is 409 g/mol. The fraction of sp³-hybridized carbons (Fsp3) is 0.333. The highest BCUT2D eigenvalue weighted by atomic mass is 32.2. The smallest absolute Gasteiger partial charge is 0.233 e. The summed E-state index contributed by atoms with van der Waals surface area (Å²) in [7, 11) is 3.57. The lowest BCUT2D eigenvalue weighted by molar-refractivity contribution is -0.129. The molecule has 1 aliphatic rings. The molecule has 29 heavy (non-hydrogen) atoms. The van der Waals surface area contributed by atoms with Crippen molar-refractivity contribution in [2.45, 2.75) is 30.6 Å². The lowest BCUT2D eigenvalue weighted by Gasteiger charge is -2.22. The van der Waals surface area contributed by atoms with E-state index in [-0.39, 0.29) is 5.91 Å². The average molecular weight is 410 g/mol. The number of amides is 1. The third kappa shape index (κ3) is 4.59.